The van der Waals surface area contributed by atoms with Crippen LogP contribution in [0.1, 0.15) is 37.7 Å². The van der Waals surface area contributed by atoms with Crippen molar-refractivity contribution in [3.05, 3.63) is 36.0 Å². The molecule has 0 radical (unpaired) electrons. The smallest absolute Gasteiger partial charge is 0.305 e. The summed E-state index contributed by atoms with van der Waals surface area (Å²) in [5.74, 6) is 1.13. The van der Waals surface area contributed by atoms with Crippen LogP contribution in [0.25, 0.3) is 5.69 Å². The van der Waals surface area contributed by atoms with Crippen LogP contribution in [0.5, 0.6) is 0 Å². The van der Waals surface area contributed by atoms with Gasteiger partial charge in [-0.05, 0) is 45.0 Å². The van der Waals surface area contributed by atoms with Crippen molar-refractivity contribution in [2.24, 2.45) is 0 Å². The first-order valence-electron chi connectivity index (χ1n) is 9.85. The third-order valence-corrected chi connectivity index (χ3v) is 6.75. The molecule has 30 heavy (non-hydrogen) atoms. The molecule has 0 aliphatic carbocycles. The Balaban J connectivity index is 1.84. The molecule has 0 saturated carbocycles. The lowest BCUT2D eigenvalue weighted by Crippen LogP contribution is -2.48. The molecule has 0 spiro atoms. The summed E-state index contributed by atoms with van der Waals surface area (Å²) in [4.78, 5) is 23.3. The van der Waals surface area contributed by atoms with Crippen LogP contribution in [0.4, 0.5) is 10.6 Å². The Labute approximate surface area is 177 Å². The molecule has 1 unspecified atom stereocenters. The summed E-state index contributed by atoms with van der Waals surface area (Å²) in [5.41, 5.74) is 1.44. The number of aryl methyl sites for hydroxylation is 1. The van der Waals surface area contributed by atoms with E-state index < -0.39 is 16.2 Å². The van der Waals surface area contributed by atoms with Gasteiger partial charge in [-0.15, -0.1) is 0 Å². The van der Waals surface area contributed by atoms with Crippen molar-refractivity contribution < 1.29 is 13.2 Å². The fourth-order valence-corrected chi connectivity index (χ4v) is 4.61. The number of aromatic nitrogens is 3. The number of urea groups is 1. The first kappa shape index (κ1) is 22.2. The van der Waals surface area contributed by atoms with Gasteiger partial charge in [0.1, 0.15) is 11.6 Å². The number of anilines is 1. The molecule has 0 bridgehead atoms. The van der Waals surface area contributed by atoms with Gasteiger partial charge >= 0.3 is 16.2 Å². The van der Waals surface area contributed by atoms with E-state index in [2.05, 4.69) is 24.9 Å². The van der Waals surface area contributed by atoms with E-state index in [1.807, 2.05) is 27.8 Å². The Bertz CT molecular complexity index is 1000. The van der Waals surface area contributed by atoms with Gasteiger partial charge in [0.25, 0.3) is 0 Å². The van der Waals surface area contributed by atoms with Gasteiger partial charge < -0.3 is 4.90 Å². The lowest BCUT2D eigenvalue weighted by Gasteiger charge is -2.24. The molecule has 1 atom stereocenters. The Kier molecular flexibility index (Phi) is 6.44. The van der Waals surface area contributed by atoms with Crippen molar-refractivity contribution in [2.75, 3.05) is 32.5 Å². The monoisotopic (exact) mass is 435 g/mol. The number of carbonyl (C=O) groups is 1. The van der Waals surface area contributed by atoms with E-state index in [4.69, 9.17) is 0 Å². The molecule has 1 aliphatic rings. The van der Waals surface area contributed by atoms with Crippen LogP contribution in [-0.2, 0) is 10.2 Å². The molecular formula is C19H29N7O3S. The predicted molar refractivity (Wildman–Crippen MR) is 115 cm³/mol. The largest absolute Gasteiger partial charge is 0.335 e. The van der Waals surface area contributed by atoms with Crippen molar-refractivity contribution in [3.63, 3.8) is 0 Å². The molecule has 1 aliphatic heterocycles. The number of likely N-dealkylation sites (tertiary alicyclic amines) is 1. The normalized spacial score (nSPS) is 17.6. The predicted octanol–water partition coefficient (Wildman–Crippen LogP) is 1.70. The lowest BCUT2D eigenvalue weighted by atomic mass is 10.1. The van der Waals surface area contributed by atoms with Crippen molar-refractivity contribution >= 4 is 22.1 Å². The molecule has 2 amide bonds. The van der Waals surface area contributed by atoms with E-state index in [0.717, 1.165) is 18.7 Å². The lowest BCUT2D eigenvalue weighted by molar-refractivity contribution is 0.255. The second-order valence-corrected chi connectivity index (χ2v) is 9.60. The number of pyridine rings is 1. The highest BCUT2D eigenvalue weighted by Gasteiger charge is 2.32. The molecule has 0 aromatic carbocycles. The Morgan fingerprint density at radius 3 is 2.53 bits per heavy atom. The minimum Gasteiger partial charge on any atom is -0.305 e. The molecule has 11 heteroatoms. The minimum absolute atomic E-state index is 0.0235. The van der Waals surface area contributed by atoms with Gasteiger partial charge in [-0.3, -0.25) is 14.9 Å². The summed E-state index contributed by atoms with van der Waals surface area (Å²) in [5, 5.41) is 2.70. The Morgan fingerprint density at radius 1 is 1.30 bits per heavy atom. The zero-order chi connectivity index (χ0) is 22.1. The number of imidazole rings is 1. The maximum atomic E-state index is 12.7. The second-order valence-electron chi connectivity index (χ2n) is 7.87. The van der Waals surface area contributed by atoms with E-state index in [1.54, 1.807) is 29.1 Å². The molecule has 3 rings (SSSR count). The molecule has 1 saturated heterocycles. The van der Waals surface area contributed by atoms with Crippen LogP contribution < -0.4 is 10.0 Å². The zero-order valence-corrected chi connectivity index (χ0v) is 18.8. The Hall–Kier alpha value is -2.50. The molecule has 10 nitrogen and oxygen atoms in total. The molecule has 2 N–H and O–H groups in total. The highest BCUT2D eigenvalue weighted by Crippen LogP contribution is 2.28. The van der Waals surface area contributed by atoms with Gasteiger partial charge in [0.2, 0.25) is 0 Å². The van der Waals surface area contributed by atoms with E-state index in [1.165, 1.54) is 11.4 Å². The fourth-order valence-electron chi connectivity index (χ4n) is 3.61. The van der Waals surface area contributed by atoms with Crippen molar-refractivity contribution in [2.45, 2.75) is 39.2 Å². The summed E-state index contributed by atoms with van der Waals surface area (Å²) in [7, 11) is -0.554. The van der Waals surface area contributed by atoms with Crippen molar-refractivity contribution in [1.29, 1.82) is 0 Å². The first-order chi connectivity index (χ1) is 14.1. The quantitative estimate of drug-likeness (QED) is 0.714. The summed E-state index contributed by atoms with van der Waals surface area (Å²) in [6.45, 7) is 7.20. The van der Waals surface area contributed by atoms with Crippen molar-refractivity contribution in [3.8, 4) is 5.69 Å². The molecule has 2 aromatic rings. The maximum absolute atomic E-state index is 12.7. The van der Waals surface area contributed by atoms with Crippen LogP contribution in [0.15, 0.2) is 24.5 Å². The van der Waals surface area contributed by atoms with Gasteiger partial charge in [-0.1, -0.05) is 13.8 Å². The molecule has 1 fully saturated rings. The minimum atomic E-state index is -3.99. The van der Waals surface area contributed by atoms with Crippen LogP contribution in [0.2, 0.25) is 0 Å². The number of amides is 2. The topological polar surface area (TPSA) is 112 Å². The van der Waals surface area contributed by atoms with Gasteiger partial charge in [0, 0.05) is 32.0 Å². The third-order valence-electron chi connectivity index (χ3n) is 5.25. The average molecular weight is 436 g/mol. The third kappa shape index (κ3) is 4.63. The molecule has 2 aromatic heterocycles. The van der Waals surface area contributed by atoms with Crippen LogP contribution in [0, 0.1) is 6.92 Å². The number of nitrogens with zero attached hydrogens (tertiary/aromatic N) is 5. The number of carbonyl (C=O) groups excluding carboxylic acids is 1. The highest BCUT2D eigenvalue weighted by atomic mass is 32.2. The van der Waals surface area contributed by atoms with Crippen LogP contribution in [-0.4, -0.2) is 71.4 Å². The summed E-state index contributed by atoms with van der Waals surface area (Å²) < 4.78 is 30.5. The average Bonchev–Trinajstić information content (AvgIpc) is 3.24. The fraction of sp³-hybridized carbons (Fsp3) is 0.526. The second kappa shape index (κ2) is 8.70. The SMILES string of the molecule is Cc1nc(C(C)C)c(NC(=O)NS(=O)(=O)N(C)C2CCN(C)C2)n1-c1ccncc1. The summed E-state index contributed by atoms with van der Waals surface area (Å²) in [6, 6.07) is 2.59. The summed E-state index contributed by atoms with van der Waals surface area (Å²) in [6.07, 6.45) is 4.01. The molecule has 3 heterocycles. The highest BCUT2D eigenvalue weighted by molar-refractivity contribution is 7.87. The van der Waals surface area contributed by atoms with Crippen LogP contribution in [0.3, 0.4) is 0 Å². The van der Waals surface area contributed by atoms with E-state index >= 15 is 0 Å². The number of likely N-dealkylation sites (N-methyl/N-ethyl adjacent to an activating group) is 2. The van der Waals surface area contributed by atoms with E-state index in [0.29, 0.717) is 23.9 Å². The van der Waals surface area contributed by atoms with Gasteiger partial charge in [0.15, 0.2) is 0 Å². The van der Waals surface area contributed by atoms with Crippen LogP contribution >= 0.6 is 0 Å². The van der Waals surface area contributed by atoms with Gasteiger partial charge in [-0.2, -0.15) is 12.7 Å². The zero-order valence-electron chi connectivity index (χ0n) is 18.0. The molecular weight excluding hydrogens is 406 g/mol. The number of hydrogen-bond donors (Lipinski definition) is 2. The number of rotatable bonds is 6. The van der Waals surface area contributed by atoms with E-state index in [9.17, 15) is 13.2 Å². The van der Waals surface area contributed by atoms with Crippen molar-refractivity contribution in [1.82, 2.24) is 28.5 Å². The molecule has 164 valence electrons. The Morgan fingerprint density at radius 2 is 1.97 bits per heavy atom. The maximum Gasteiger partial charge on any atom is 0.335 e. The van der Waals surface area contributed by atoms with Gasteiger partial charge in [0.05, 0.1) is 11.4 Å². The number of nitrogens with one attached hydrogen (secondary N) is 2. The van der Waals surface area contributed by atoms with Gasteiger partial charge in [-0.25, -0.2) is 14.5 Å². The number of hydrogen-bond acceptors (Lipinski definition) is 6. The van der Waals surface area contributed by atoms with E-state index in [-0.39, 0.29) is 12.0 Å². The standard InChI is InChI=1S/C19H29N7O3S/c1-13(2)17-18(26(14(3)21-17)15-6-9-20-10-7-15)22-19(27)23-30(28,29)25(5)16-8-11-24(4)12-16/h6-7,9-10,13,16H,8,11-12H2,1-5H3,(H2,22,23,27). The first-order valence-corrected chi connectivity index (χ1v) is 11.3. The summed E-state index contributed by atoms with van der Waals surface area (Å²) >= 11 is 0.